The molecule has 0 spiro atoms. The van der Waals surface area contributed by atoms with Crippen molar-refractivity contribution >= 4 is 17.3 Å². The number of anilines is 1. The number of hydrogen-bond donors (Lipinski definition) is 2. The molecule has 0 bridgehead atoms. The van der Waals surface area contributed by atoms with Crippen molar-refractivity contribution in [1.82, 2.24) is 0 Å². The van der Waals surface area contributed by atoms with E-state index in [1.54, 1.807) is 13.0 Å². The zero-order valence-electron chi connectivity index (χ0n) is 9.06. The Labute approximate surface area is 92.6 Å². The minimum Gasteiger partial charge on any atom is -0.320 e. The summed E-state index contributed by atoms with van der Waals surface area (Å²) in [5, 5.41) is 13.2. The Morgan fingerprint density at radius 2 is 2.19 bits per heavy atom. The predicted molar refractivity (Wildman–Crippen MR) is 60.1 cm³/mol. The Morgan fingerprint density at radius 3 is 2.69 bits per heavy atom. The quantitative estimate of drug-likeness (QED) is 0.593. The number of carbonyl (C=O) groups excluding carboxylic acids is 1. The first-order chi connectivity index (χ1) is 7.41. The van der Waals surface area contributed by atoms with Crippen LogP contribution in [-0.4, -0.2) is 16.9 Å². The first kappa shape index (κ1) is 12.1. The first-order valence-electron chi connectivity index (χ1n) is 4.73. The highest BCUT2D eigenvalue weighted by atomic mass is 16.6. The molecule has 0 radical (unpaired) electrons. The van der Waals surface area contributed by atoms with Gasteiger partial charge >= 0.3 is 0 Å². The SMILES string of the molecule is Cc1ccc(NC(=O)[C@@H](C)N)c([N+](=O)[O-])c1. The van der Waals surface area contributed by atoms with E-state index in [0.29, 0.717) is 0 Å². The van der Waals surface area contributed by atoms with E-state index in [0.717, 1.165) is 5.56 Å². The van der Waals surface area contributed by atoms with E-state index >= 15 is 0 Å². The molecule has 3 N–H and O–H groups in total. The molecule has 0 aliphatic carbocycles. The Balaban J connectivity index is 3.04. The largest absolute Gasteiger partial charge is 0.320 e. The van der Waals surface area contributed by atoms with Crippen molar-refractivity contribution in [3.63, 3.8) is 0 Å². The van der Waals surface area contributed by atoms with Crippen LogP contribution in [0.3, 0.4) is 0 Å². The van der Waals surface area contributed by atoms with E-state index in [-0.39, 0.29) is 11.4 Å². The lowest BCUT2D eigenvalue weighted by Gasteiger charge is -2.08. The second kappa shape index (κ2) is 4.71. The van der Waals surface area contributed by atoms with Gasteiger partial charge in [-0.05, 0) is 25.5 Å². The van der Waals surface area contributed by atoms with Gasteiger partial charge < -0.3 is 11.1 Å². The summed E-state index contributed by atoms with van der Waals surface area (Å²) in [5.74, 6) is -0.452. The Kier molecular flexibility index (Phi) is 3.57. The Morgan fingerprint density at radius 1 is 1.56 bits per heavy atom. The van der Waals surface area contributed by atoms with Crippen LogP contribution in [0, 0.1) is 17.0 Å². The van der Waals surface area contributed by atoms with Gasteiger partial charge in [0.2, 0.25) is 5.91 Å². The van der Waals surface area contributed by atoms with Crippen LogP contribution in [0.15, 0.2) is 18.2 Å². The molecule has 0 heterocycles. The number of nitro benzene ring substituents is 1. The van der Waals surface area contributed by atoms with Gasteiger partial charge in [-0.2, -0.15) is 0 Å². The molecule has 0 aromatic heterocycles. The van der Waals surface area contributed by atoms with Crippen LogP contribution in [-0.2, 0) is 4.79 Å². The highest BCUT2D eigenvalue weighted by Crippen LogP contribution is 2.25. The van der Waals surface area contributed by atoms with Crippen LogP contribution in [0.2, 0.25) is 0 Å². The summed E-state index contributed by atoms with van der Waals surface area (Å²) in [6.07, 6.45) is 0. The summed E-state index contributed by atoms with van der Waals surface area (Å²) in [7, 11) is 0. The molecule has 0 aliphatic rings. The summed E-state index contributed by atoms with van der Waals surface area (Å²) in [4.78, 5) is 21.5. The molecule has 0 saturated heterocycles. The summed E-state index contributed by atoms with van der Waals surface area (Å²) in [6, 6.07) is 3.87. The third-order valence-corrected chi connectivity index (χ3v) is 2.02. The number of rotatable bonds is 3. The van der Waals surface area contributed by atoms with E-state index in [4.69, 9.17) is 5.73 Å². The Bertz CT molecular complexity index is 429. The predicted octanol–water partition coefficient (Wildman–Crippen LogP) is 1.19. The summed E-state index contributed by atoms with van der Waals surface area (Å²) >= 11 is 0. The summed E-state index contributed by atoms with van der Waals surface area (Å²) < 4.78 is 0. The van der Waals surface area contributed by atoms with Gasteiger partial charge in [0.1, 0.15) is 5.69 Å². The van der Waals surface area contributed by atoms with Crippen LogP contribution in [0.4, 0.5) is 11.4 Å². The number of nitro groups is 1. The number of nitrogens with one attached hydrogen (secondary N) is 1. The molecule has 0 aliphatic heterocycles. The molecule has 16 heavy (non-hydrogen) atoms. The third kappa shape index (κ3) is 2.77. The number of amides is 1. The van der Waals surface area contributed by atoms with Crippen molar-refractivity contribution in [3.05, 3.63) is 33.9 Å². The van der Waals surface area contributed by atoms with E-state index in [1.807, 2.05) is 0 Å². The lowest BCUT2D eigenvalue weighted by Crippen LogP contribution is -2.32. The highest BCUT2D eigenvalue weighted by molar-refractivity contribution is 5.96. The maximum atomic E-state index is 11.3. The maximum Gasteiger partial charge on any atom is 0.293 e. The number of carbonyl (C=O) groups is 1. The van der Waals surface area contributed by atoms with Gasteiger partial charge in [-0.3, -0.25) is 14.9 Å². The monoisotopic (exact) mass is 223 g/mol. The second-order valence-corrected chi connectivity index (χ2v) is 3.56. The molecule has 86 valence electrons. The van der Waals surface area contributed by atoms with Gasteiger partial charge in [-0.1, -0.05) is 6.07 Å². The van der Waals surface area contributed by atoms with E-state index in [9.17, 15) is 14.9 Å². The molecule has 1 amide bonds. The smallest absolute Gasteiger partial charge is 0.293 e. The van der Waals surface area contributed by atoms with Crippen molar-refractivity contribution in [2.24, 2.45) is 5.73 Å². The fourth-order valence-electron chi connectivity index (χ4n) is 1.14. The molecule has 6 nitrogen and oxygen atoms in total. The van der Waals surface area contributed by atoms with Crippen LogP contribution < -0.4 is 11.1 Å². The molecule has 0 unspecified atom stereocenters. The molecule has 0 fully saturated rings. The van der Waals surface area contributed by atoms with Gasteiger partial charge in [0, 0.05) is 6.07 Å². The van der Waals surface area contributed by atoms with E-state index < -0.39 is 16.9 Å². The summed E-state index contributed by atoms with van der Waals surface area (Å²) in [6.45, 7) is 3.25. The number of benzene rings is 1. The zero-order valence-corrected chi connectivity index (χ0v) is 9.06. The molecule has 6 heteroatoms. The molecule has 0 saturated carbocycles. The minimum atomic E-state index is -0.707. The lowest BCUT2D eigenvalue weighted by molar-refractivity contribution is -0.384. The van der Waals surface area contributed by atoms with Gasteiger partial charge in [0.15, 0.2) is 0 Å². The van der Waals surface area contributed by atoms with Crippen molar-refractivity contribution in [2.45, 2.75) is 19.9 Å². The Hall–Kier alpha value is -1.95. The first-order valence-corrected chi connectivity index (χ1v) is 4.73. The second-order valence-electron chi connectivity index (χ2n) is 3.56. The average Bonchev–Trinajstić information content (AvgIpc) is 2.20. The van der Waals surface area contributed by atoms with Crippen molar-refractivity contribution < 1.29 is 9.72 Å². The van der Waals surface area contributed by atoms with Gasteiger partial charge in [-0.25, -0.2) is 0 Å². The third-order valence-electron chi connectivity index (χ3n) is 2.02. The van der Waals surface area contributed by atoms with Crippen LogP contribution >= 0.6 is 0 Å². The topological polar surface area (TPSA) is 98.3 Å². The van der Waals surface area contributed by atoms with E-state index in [1.165, 1.54) is 19.1 Å². The highest BCUT2D eigenvalue weighted by Gasteiger charge is 2.17. The molecule has 1 aromatic rings. The summed E-state index contributed by atoms with van der Waals surface area (Å²) in [5.41, 5.74) is 6.15. The van der Waals surface area contributed by atoms with E-state index in [2.05, 4.69) is 5.32 Å². The number of nitrogens with zero attached hydrogens (tertiary/aromatic N) is 1. The molecular weight excluding hydrogens is 210 g/mol. The zero-order chi connectivity index (χ0) is 12.3. The lowest BCUT2D eigenvalue weighted by atomic mass is 10.2. The van der Waals surface area contributed by atoms with Crippen LogP contribution in [0.5, 0.6) is 0 Å². The fourth-order valence-corrected chi connectivity index (χ4v) is 1.14. The maximum absolute atomic E-state index is 11.3. The number of aryl methyl sites for hydroxylation is 1. The molecular formula is C10H13N3O3. The van der Waals surface area contributed by atoms with Crippen LogP contribution in [0.1, 0.15) is 12.5 Å². The van der Waals surface area contributed by atoms with Crippen molar-refractivity contribution in [1.29, 1.82) is 0 Å². The van der Waals surface area contributed by atoms with Gasteiger partial charge in [0.05, 0.1) is 11.0 Å². The van der Waals surface area contributed by atoms with Crippen molar-refractivity contribution in [2.75, 3.05) is 5.32 Å². The average molecular weight is 223 g/mol. The van der Waals surface area contributed by atoms with Crippen molar-refractivity contribution in [3.8, 4) is 0 Å². The molecule has 1 rings (SSSR count). The molecule has 1 aromatic carbocycles. The standard InChI is InChI=1S/C10H13N3O3/c1-6-3-4-8(9(5-6)13(15)16)12-10(14)7(2)11/h3-5,7H,11H2,1-2H3,(H,12,14)/t7-/m1/s1. The van der Waals surface area contributed by atoms with Crippen LogP contribution in [0.25, 0.3) is 0 Å². The number of hydrogen-bond acceptors (Lipinski definition) is 4. The number of nitrogens with two attached hydrogens (primary N) is 1. The minimum absolute atomic E-state index is 0.131. The molecule has 1 atom stereocenters. The van der Waals surface area contributed by atoms with Gasteiger partial charge in [-0.15, -0.1) is 0 Å². The fraction of sp³-hybridized carbons (Fsp3) is 0.300. The van der Waals surface area contributed by atoms with Gasteiger partial charge in [0.25, 0.3) is 5.69 Å². The normalized spacial score (nSPS) is 11.9.